The highest BCUT2D eigenvalue weighted by molar-refractivity contribution is 6.36. The number of aromatic nitrogens is 3. The molecule has 0 aliphatic rings. The van der Waals surface area contributed by atoms with Crippen molar-refractivity contribution in [2.75, 3.05) is 19.0 Å². The molecule has 2 rings (SSSR count). The van der Waals surface area contributed by atoms with Gasteiger partial charge in [-0.15, -0.1) is 0 Å². The Morgan fingerprint density at radius 2 is 1.83 bits per heavy atom. The van der Waals surface area contributed by atoms with Crippen molar-refractivity contribution in [1.29, 1.82) is 0 Å². The van der Waals surface area contributed by atoms with Gasteiger partial charge in [0.25, 0.3) is 0 Å². The summed E-state index contributed by atoms with van der Waals surface area (Å²) in [5, 5.41) is 0. The molecule has 4 nitrogen and oxygen atoms in total. The molecule has 2 heterocycles. The summed E-state index contributed by atoms with van der Waals surface area (Å²) < 4.78 is 0. The van der Waals surface area contributed by atoms with E-state index in [-0.39, 0.29) is 0 Å². The average molecular weight is 240 g/mol. The highest BCUT2D eigenvalue weighted by Crippen LogP contribution is 2.18. The zero-order valence-electron chi connectivity index (χ0n) is 11.5. The summed E-state index contributed by atoms with van der Waals surface area (Å²) in [6.45, 7) is 6.11. The molecular formula is C13H17BN4. The van der Waals surface area contributed by atoms with Crippen LogP contribution in [0.15, 0.2) is 6.07 Å². The van der Waals surface area contributed by atoms with E-state index >= 15 is 0 Å². The molecule has 0 aliphatic heterocycles. The first-order valence-electron chi connectivity index (χ1n) is 6.02. The second-order valence-corrected chi connectivity index (χ2v) is 4.99. The van der Waals surface area contributed by atoms with Crippen molar-refractivity contribution < 1.29 is 0 Å². The molecule has 0 fully saturated rings. The maximum absolute atomic E-state index is 6.00. The van der Waals surface area contributed by atoms with Gasteiger partial charge in [0.2, 0.25) is 0 Å². The molecule has 2 aromatic rings. The normalized spacial score (nSPS) is 11.2. The molecular weight excluding hydrogens is 223 g/mol. The fraction of sp³-hybridized carbons (Fsp3) is 0.462. The molecule has 0 spiro atoms. The minimum absolute atomic E-state index is 0.294. The largest absolute Gasteiger partial charge is 0.363 e. The number of rotatable bonds is 2. The van der Waals surface area contributed by atoms with Crippen molar-refractivity contribution in [2.45, 2.75) is 26.7 Å². The van der Waals surface area contributed by atoms with Crippen LogP contribution in [0.3, 0.4) is 0 Å². The first kappa shape index (κ1) is 12.8. The first-order chi connectivity index (χ1) is 8.40. The lowest BCUT2D eigenvalue weighted by atomic mass is 9.96. The highest BCUT2D eigenvalue weighted by Gasteiger charge is 2.11. The van der Waals surface area contributed by atoms with Crippen molar-refractivity contribution in [3.8, 4) is 0 Å². The van der Waals surface area contributed by atoms with Gasteiger partial charge < -0.3 is 4.90 Å². The van der Waals surface area contributed by atoms with Crippen molar-refractivity contribution in [3.63, 3.8) is 0 Å². The second-order valence-electron chi connectivity index (χ2n) is 4.99. The number of fused-ring (bicyclic) bond motifs is 1. The van der Waals surface area contributed by atoms with Gasteiger partial charge >= 0.3 is 0 Å². The lowest BCUT2D eigenvalue weighted by Gasteiger charge is -2.16. The Labute approximate surface area is 109 Å². The molecule has 2 aromatic heterocycles. The summed E-state index contributed by atoms with van der Waals surface area (Å²) in [6, 6.07) is 1.87. The van der Waals surface area contributed by atoms with Crippen LogP contribution in [0.4, 0.5) is 5.82 Å². The van der Waals surface area contributed by atoms with Gasteiger partial charge in [0.15, 0.2) is 0 Å². The van der Waals surface area contributed by atoms with E-state index in [1.165, 1.54) is 0 Å². The summed E-state index contributed by atoms with van der Waals surface area (Å²) in [5.74, 6) is 1.88. The number of hydrogen-bond donors (Lipinski definition) is 0. The monoisotopic (exact) mass is 240 g/mol. The summed E-state index contributed by atoms with van der Waals surface area (Å²) in [5.41, 5.74) is 3.17. The minimum Gasteiger partial charge on any atom is -0.363 e. The van der Waals surface area contributed by atoms with Crippen LogP contribution in [0.25, 0.3) is 11.0 Å². The predicted molar refractivity (Wildman–Crippen MR) is 75.9 cm³/mol. The summed E-state index contributed by atoms with van der Waals surface area (Å²) in [4.78, 5) is 15.5. The SMILES string of the molecule is [B]c1cc2nc(C(C)C)nc(C)c2nc1N(C)C. The Bertz CT molecular complexity index is 593. The third-order valence-corrected chi connectivity index (χ3v) is 2.81. The molecule has 92 valence electrons. The molecule has 0 aromatic carbocycles. The van der Waals surface area contributed by atoms with Crippen LogP contribution >= 0.6 is 0 Å². The number of hydrogen-bond acceptors (Lipinski definition) is 4. The second kappa shape index (κ2) is 4.56. The number of pyridine rings is 1. The predicted octanol–water partition coefficient (Wildman–Crippen LogP) is 1.32. The molecule has 0 saturated carbocycles. The van der Waals surface area contributed by atoms with E-state index in [2.05, 4.69) is 28.8 Å². The third-order valence-electron chi connectivity index (χ3n) is 2.81. The third kappa shape index (κ3) is 2.17. The first-order valence-corrected chi connectivity index (χ1v) is 6.02. The maximum Gasteiger partial charge on any atom is 0.131 e. The molecule has 0 saturated heterocycles. The molecule has 0 aliphatic carbocycles. The Morgan fingerprint density at radius 3 is 2.39 bits per heavy atom. The smallest absolute Gasteiger partial charge is 0.131 e. The van der Waals surface area contributed by atoms with Gasteiger partial charge in [0.1, 0.15) is 25.0 Å². The van der Waals surface area contributed by atoms with Crippen molar-refractivity contribution in [2.24, 2.45) is 0 Å². The molecule has 5 heteroatoms. The van der Waals surface area contributed by atoms with Crippen molar-refractivity contribution in [1.82, 2.24) is 15.0 Å². The minimum atomic E-state index is 0.294. The molecule has 0 amide bonds. The molecule has 2 radical (unpaired) electrons. The fourth-order valence-corrected chi connectivity index (χ4v) is 1.85. The van der Waals surface area contributed by atoms with Crippen molar-refractivity contribution in [3.05, 3.63) is 17.6 Å². The average Bonchev–Trinajstić information content (AvgIpc) is 2.27. The molecule has 0 unspecified atom stereocenters. The van der Waals surface area contributed by atoms with E-state index in [1.807, 2.05) is 32.0 Å². The van der Waals surface area contributed by atoms with Gasteiger partial charge in [-0.25, -0.2) is 15.0 Å². The van der Waals surface area contributed by atoms with E-state index < -0.39 is 0 Å². The Balaban J connectivity index is 2.73. The Hall–Kier alpha value is -1.65. The Kier molecular flexibility index (Phi) is 3.24. The number of nitrogens with zero attached hydrogens (tertiary/aromatic N) is 4. The van der Waals surface area contributed by atoms with Gasteiger partial charge in [-0.3, -0.25) is 0 Å². The van der Waals surface area contributed by atoms with Crippen LogP contribution in [0, 0.1) is 6.92 Å². The highest BCUT2D eigenvalue weighted by atomic mass is 15.1. The van der Waals surface area contributed by atoms with Crippen LogP contribution in [-0.4, -0.2) is 36.9 Å². The quantitative estimate of drug-likeness (QED) is 0.742. The van der Waals surface area contributed by atoms with Crippen molar-refractivity contribution >= 4 is 30.2 Å². The fourth-order valence-electron chi connectivity index (χ4n) is 1.85. The van der Waals surface area contributed by atoms with Gasteiger partial charge in [0.05, 0.1) is 11.2 Å². The van der Waals surface area contributed by atoms with Gasteiger partial charge in [0, 0.05) is 20.0 Å². The van der Waals surface area contributed by atoms with E-state index in [0.29, 0.717) is 11.4 Å². The summed E-state index contributed by atoms with van der Waals surface area (Å²) in [6.07, 6.45) is 0. The van der Waals surface area contributed by atoms with Crippen LogP contribution in [0.5, 0.6) is 0 Å². The standard InChI is InChI=1S/C13H17BN4/c1-7(2)12-15-8(3)11-10(16-12)6-9(14)13(17-11)18(4)5/h6-7H,1-5H3. The van der Waals surface area contributed by atoms with E-state index in [9.17, 15) is 0 Å². The van der Waals surface area contributed by atoms with Crippen LogP contribution in [-0.2, 0) is 0 Å². The molecule has 0 bridgehead atoms. The van der Waals surface area contributed by atoms with E-state index in [1.54, 1.807) is 0 Å². The maximum atomic E-state index is 6.00. The lowest BCUT2D eigenvalue weighted by molar-refractivity contribution is 0.775. The zero-order chi connectivity index (χ0) is 13.4. The number of aryl methyl sites for hydroxylation is 1. The Morgan fingerprint density at radius 1 is 1.17 bits per heavy atom. The topological polar surface area (TPSA) is 41.9 Å². The van der Waals surface area contributed by atoms with Gasteiger partial charge in [-0.05, 0) is 13.0 Å². The lowest BCUT2D eigenvalue weighted by Crippen LogP contribution is -2.21. The van der Waals surface area contributed by atoms with E-state index in [0.717, 1.165) is 28.4 Å². The molecule has 0 atom stereocenters. The van der Waals surface area contributed by atoms with Crippen LogP contribution < -0.4 is 10.4 Å². The van der Waals surface area contributed by atoms with Gasteiger partial charge in [-0.1, -0.05) is 19.3 Å². The summed E-state index contributed by atoms with van der Waals surface area (Å²) in [7, 11) is 9.84. The molecule has 18 heavy (non-hydrogen) atoms. The van der Waals surface area contributed by atoms with E-state index in [4.69, 9.17) is 7.85 Å². The van der Waals surface area contributed by atoms with Crippen LogP contribution in [0.2, 0.25) is 0 Å². The van der Waals surface area contributed by atoms with Crippen LogP contribution in [0.1, 0.15) is 31.3 Å². The summed E-state index contributed by atoms with van der Waals surface area (Å²) >= 11 is 0. The molecule has 0 N–H and O–H groups in total. The number of anilines is 1. The van der Waals surface area contributed by atoms with Gasteiger partial charge in [-0.2, -0.15) is 0 Å². The zero-order valence-corrected chi connectivity index (χ0v) is 11.5.